The van der Waals surface area contributed by atoms with E-state index in [1.807, 2.05) is 6.07 Å². The third-order valence-electron chi connectivity index (χ3n) is 1.84. The number of Topliss-reactive ketones (excluding diaryl/α,β-unsaturated/α-hetero) is 1. The fraction of sp³-hybridized carbons (Fsp3) is 0.167. The molecular formula is C12H12O3. The molecule has 0 bridgehead atoms. The van der Waals surface area contributed by atoms with Crippen LogP contribution < -0.4 is 0 Å². The minimum Gasteiger partial charge on any atom is -0.462 e. The normalized spacial score (nSPS) is 9.33. The van der Waals surface area contributed by atoms with Crippen molar-refractivity contribution in [1.82, 2.24) is 0 Å². The summed E-state index contributed by atoms with van der Waals surface area (Å²) in [4.78, 5) is 22.2. The molecule has 0 aliphatic rings. The van der Waals surface area contributed by atoms with Gasteiger partial charge < -0.3 is 4.74 Å². The summed E-state index contributed by atoms with van der Waals surface area (Å²) in [6.07, 6.45) is 1.27. The SMILES string of the molecule is C=CC(=O)OCCC(=O)c1ccccc1. The molecule has 0 saturated carbocycles. The van der Waals surface area contributed by atoms with Gasteiger partial charge in [0.1, 0.15) is 0 Å². The molecule has 3 heteroatoms. The number of hydrogen-bond acceptors (Lipinski definition) is 3. The van der Waals surface area contributed by atoms with Crippen molar-refractivity contribution in [3.8, 4) is 0 Å². The summed E-state index contributed by atoms with van der Waals surface area (Å²) in [6.45, 7) is 3.35. The average molecular weight is 204 g/mol. The van der Waals surface area contributed by atoms with Crippen molar-refractivity contribution in [2.45, 2.75) is 6.42 Å². The third-order valence-corrected chi connectivity index (χ3v) is 1.84. The number of ether oxygens (including phenoxy) is 1. The molecule has 0 unspecified atom stereocenters. The van der Waals surface area contributed by atoms with E-state index in [9.17, 15) is 9.59 Å². The summed E-state index contributed by atoms with van der Waals surface area (Å²) in [6, 6.07) is 8.90. The summed E-state index contributed by atoms with van der Waals surface area (Å²) in [5, 5.41) is 0. The Morgan fingerprint density at radius 2 is 1.93 bits per heavy atom. The average Bonchev–Trinajstić information content (AvgIpc) is 2.29. The molecular weight excluding hydrogens is 192 g/mol. The maximum Gasteiger partial charge on any atom is 0.330 e. The van der Waals surface area contributed by atoms with Crippen molar-refractivity contribution in [2.24, 2.45) is 0 Å². The standard InChI is InChI=1S/C12H12O3/c1-2-12(14)15-9-8-11(13)10-6-4-3-5-7-10/h2-7H,1,8-9H2. The molecule has 0 amide bonds. The first-order valence-corrected chi connectivity index (χ1v) is 4.61. The first-order chi connectivity index (χ1) is 7.24. The van der Waals surface area contributed by atoms with Crippen molar-refractivity contribution in [2.75, 3.05) is 6.61 Å². The molecule has 78 valence electrons. The van der Waals surface area contributed by atoms with Gasteiger partial charge in [-0.3, -0.25) is 4.79 Å². The maximum atomic E-state index is 11.5. The third kappa shape index (κ3) is 3.77. The topological polar surface area (TPSA) is 43.4 Å². The van der Waals surface area contributed by atoms with E-state index in [2.05, 4.69) is 6.58 Å². The number of ketones is 1. The Kier molecular flexibility index (Phi) is 4.29. The van der Waals surface area contributed by atoms with Crippen molar-refractivity contribution in [1.29, 1.82) is 0 Å². The lowest BCUT2D eigenvalue weighted by molar-refractivity contribution is -0.137. The van der Waals surface area contributed by atoms with E-state index < -0.39 is 5.97 Å². The van der Waals surface area contributed by atoms with Crippen molar-refractivity contribution >= 4 is 11.8 Å². The van der Waals surface area contributed by atoms with Crippen molar-refractivity contribution < 1.29 is 14.3 Å². The molecule has 15 heavy (non-hydrogen) atoms. The molecule has 1 aromatic rings. The van der Waals surface area contributed by atoms with E-state index in [4.69, 9.17) is 4.74 Å². The van der Waals surface area contributed by atoms with E-state index in [0.29, 0.717) is 5.56 Å². The maximum absolute atomic E-state index is 11.5. The summed E-state index contributed by atoms with van der Waals surface area (Å²) < 4.78 is 4.71. The first kappa shape index (κ1) is 11.2. The second kappa shape index (κ2) is 5.75. The van der Waals surface area contributed by atoms with Crippen LogP contribution in [-0.2, 0) is 9.53 Å². The summed E-state index contributed by atoms with van der Waals surface area (Å²) in [7, 11) is 0. The fourth-order valence-corrected chi connectivity index (χ4v) is 1.07. The zero-order valence-electron chi connectivity index (χ0n) is 8.31. The number of carbonyl (C=O) groups excluding carboxylic acids is 2. The second-order valence-electron chi connectivity index (χ2n) is 2.91. The van der Waals surface area contributed by atoms with Crippen LogP contribution in [0.3, 0.4) is 0 Å². The van der Waals surface area contributed by atoms with E-state index in [0.717, 1.165) is 6.08 Å². The Hall–Kier alpha value is -1.90. The quantitative estimate of drug-likeness (QED) is 0.418. The van der Waals surface area contributed by atoms with Gasteiger partial charge in [0.2, 0.25) is 0 Å². The van der Waals surface area contributed by atoms with Crippen molar-refractivity contribution in [3.05, 3.63) is 48.6 Å². The van der Waals surface area contributed by atoms with Crippen LogP contribution >= 0.6 is 0 Å². The van der Waals surface area contributed by atoms with Crippen LogP contribution in [0.1, 0.15) is 16.8 Å². The molecule has 1 rings (SSSR count). The number of carbonyl (C=O) groups is 2. The molecule has 1 aromatic carbocycles. The van der Waals surface area contributed by atoms with Crippen LogP contribution in [-0.4, -0.2) is 18.4 Å². The first-order valence-electron chi connectivity index (χ1n) is 4.61. The van der Waals surface area contributed by atoms with Crippen LogP contribution in [0.5, 0.6) is 0 Å². The number of rotatable bonds is 5. The highest BCUT2D eigenvalue weighted by atomic mass is 16.5. The minimum absolute atomic E-state index is 0.0348. The molecule has 0 radical (unpaired) electrons. The van der Waals surface area contributed by atoms with Gasteiger partial charge in [-0.05, 0) is 0 Å². The number of benzene rings is 1. The highest BCUT2D eigenvalue weighted by Crippen LogP contribution is 2.02. The second-order valence-corrected chi connectivity index (χ2v) is 2.91. The van der Waals surface area contributed by atoms with E-state index in [1.165, 1.54) is 0 Å². The fourth-order valence-electron chi connectivity index (χ4n) is 1.07. The largest absolute Gasteiger partial charge is 0.462 e. The molecule has 0 N–H and O–H groups in total. The summed E-state index contributed by atoms with van der Waals surface area (Å²) in [5.41, 5.74) is 0.632. The molecule has 0 aromatic heterocycles. The lowest BCUT2D eigenvalue weighted by atomic mass is 10.1. The van der Waals surface area contributed by atoms with Crippen LogP contribution in [0.4, 0.5) is 0 Å². The number of hydrogen-bond donors (Lipinski definition) is 0. The molecule has 0 fully saturated rings. The lowest BCUT2D eigenvalue weighted by Gasteiger charge is -2.01. The minimum atomic E-state index is -0.504. The molecule has 0 spiro atoms. The van der Waals surface area contributed by atoms with Crippen LogP contribution in [0.15, 0.2) is 43.0 Å². The molecule has 0 atom stereocenters. The monoisotopic (exact) mass is 204 g/mol. The molecule has 3 nitrogen and oxygen atoms in total. The summed E-state index contributed by atoms with van der Waals surface area (Å²) in [5.74, 6) is -0.539. The highest BCUT2D eigenvalue weighted by molar-refractivity contribution is 5.96. The smallest absolute Gasteiger partial charge is 0.330 e. The van der Waals surface area contributed by atoms with Gasteiger partial charge in [-0.1, -0.05) is 36.9 Å². The number of esters is 1. The summed E-state index contributed by atoms with van der Waals surface area (Å²) >= 11 is 0. The van der Waals surface area contributed by atoms with Crippen LogP contribution in [0.2, 0.25) is 0 Å². The Bertz CT molecular complexity index is 354. The van der Waals surface area contributed by atoms with Crippen molar-refractivity contribution in [3.63, 3.8) is 0 Å². The predicted octanol–water partition coefficient (Wildman–Crippen LogP) is 1.99. The van der Waals surface area contributed by atoms with Gasteiger partial charge in [-0.2, -0.15) is 0 Å². The Balaban J connectivity index is 2.37. The molecule has 0 aliphatic heterocycles. The van der Waals surface area contributed by atoms with Crippen LogP contribution in [0.25, 0.3) is 0 Å². The highest BCUT2D eigenvalue weighted by Gasteiger charge is 2.05. The predicted molar refractivity (Wildman–Crippen MR) is 56.5 cm³/mol. The van der Waals surface area contributed by atoms with E-state index in [-0.39, 0.29) is 18.8 Å². The molecule has 0 aliphatic carbocycles. The van der Waals surface area contributed by atoms with Gasteiger partial charge in [0.15, 0.2) is 5.78 Å². The van der Waals surface area contributed by atoms with Gasteiger partial charge in [0.25, 0.3) is 0 Å². The zero-order chi connectivity index (χ0) is 11.1. The Morgan fingerprint density at radius 3 is 2.53 bits per heavy atom. The van der Waals surface area contributed by atoms with Gasteiger partial charge in [-0.15, -0.1) is 0 Å². The van der Waals surface area contributed by atoms with Crippen LogP contribution in [0, 0.1) is 0 Å². The Labute approximate surface area is 88.4 Å². The van der Waals surface area contributed by atoms with E-state index in [1.54, 1.807) is 24.3 Å². The van der Waals surface area contributed by atoms with Gasteiger partial charge in [-0.25, -0.2) is 4.79 Å². The zero-order valence-corrected chi connectivity index (χ0v) is 8.31. The van der Waals surface area contributed by atoms with Gasteiger partial charge in [0.05, 0.1) is 6.61 Å². The Morgan fingerprint density at radius 1 is 1.27 bits per heavy atom. The van der Waals surface area contributed by atoms with E-state index >= 15 is 0 Å². The lowest BCUT2D eigenvalue weighted by Crippen LogP contribution is -2.07. The van der Waals surface area contributed by atoms with Gasteiger partial charge >= 0.3 is 5.97 Å². The van der Waals surface area contributed by atoms with Gasteiger partial charge in [0, 0.05) is 18.1 Å². The molecule has 0 heterocycles. The molecule has 0 saturated heterocycles.